The van der Waals surface area contributed by atoms with Gasteiger partial charge in [0.15, 0.2) is 5.76 Å². The van der Waals surface area contributed by atoms with Gasteiger partial charge in [-0.3, -0.25) is 9.59 Å². The Bertz CT molecular complexity index is 1070. The maximum atomic E-state index is 12.9. The molecule has 1 heterocycles. The van der Waals surface area contributed by atoms with Crippen LogP contribution in [0.15, 0.2) is 56.1 Å². The van der Waals surface area contributed by atoms with E-state index < -0.39 is 17.4 Å². The zero-order valence-electron chi connectivity index (χ0n) is 13.9. The maximum Gasteiger partial charge on any atom is 0.338 e. The summed E-state index contributed by atoms with van der Waals surface area (Å²) in [7, 11) is 1.23. The number of halogens is 1. The molecule has 0 saturated heterocycles. The number of fused-ring (bicyclic) bond motifs is 1. The molecule has 1 aromatic heterocycles. The summed E-state index contributed by atoms with van der Waals surface area (Å²) >= 11 is 3.26. The molecule has 0 bridgehead atoms. The Kier molecular flexibility index (Phi) is 4.90. The highest BCUT2D eigenvalue weighted by Crippen LogP contribution is 2.33. The van der Waals surface area contributed by atoms with E-state index in [4.69, 9.17) is 13.9 Å². The largest absolute Gasteiger partial charge is 0.465 e. The molecular weight excluding hydrogens is 404 g/mol. The van der Waals surface area contributed by atoms with Crippen LogP contribution in [-0.4, -0.2) is 19.0 Å². The summed E-state index contributed by atoms with van der Waals surface area (Å²) in [5.41, 5.74) is 0.464. The number of methoxy groups -OCH3 is 1. The van der Waals surface area contributed by atoms with Crippen LogP contribution in [0.4, 0.5) is 0 Å². The van der Waals surface area contributed by atoms with Gasteiger partial charge >= 0.3 is 11.9 Å². The van der Waals surface area contributed by atoms with Crippen molar-refractivity contribution >= 4 is 38.8 Å². The van der Waals surface area contributed by atoms with Crippen LogP contribution in [0.25, 0.3) is 22.3 Å². The molecule has 0 radical (unpaired) electrons. The molecule has 3 rings (SSSR count). The molecule has 0 saturated carbocycles. The summed E-state index contributed by atoms with van der Waals surface area (Å²) in [6.45, 7) is 1.20. The van der Waals surface area contributed by atoms with Gasteiger partial charge in [-0.15, -0.1) is 0 Å². The van der Waals surface area contributed by atoms with Gasteiger partial charge in [-0.2, -0.15) is 0 Å². The number of hydrogen-bond acceptors (Lipinski definition) is 6. The van der Waals surface area contributed by atoms with Crippen LogP contribution in [0, 0.1) is 0 Å². The van der Waals surface area contributed by atoms with Crippen molar-refractivity contribution in [2.45, 2.75) is 6.92 Å². The van der Waals surface area contributed by atoms with Crippen LogP contribution in [-0.2, 0) is 9.53 Å². The highest BCUT2D eigenvalue weighted by Gasteiger charge is 2.21. The Morgan fingerprint density at radius 2 is 1.81 bits per heavy atom. The quantitative estimate of drug-likeness (QED) is 0.475. The molecule has 6 nitrogen and oxygen atoms in total. The van der Waals surface area contributed by atoms with E-state index >= 15 is 0 Å². The summed E-state index contributed by atoms with van der Waals surface area (Å²) in [5, 5.41) is 0.0550. The number of carbonyl (C=O) groups is 2. The monoisotopic (exact) mass is 416 g/mol. The lowest BCUT2D eigenvalue weighted by Crippen LogP contribution is -2.11. The molecule has 0 aliphatic rings. The predicted octanol–water partition coefficient (Wildman–Crippen LogP) is 3.93. The summed E-state index contributed by atoms with van der Waals surface area (Å²) in [6, 6.07) is 11.7. The molecule has 0 aliphatic heterocycles. The summed E-state index contributed by atoms with van der Waals surface area (Å²) in [4.78, 5) is 36.2. The van der Waals surface area contributed by atoms with Crippen LogP contribution in [0.3, 0.4) is 0 Å². The lowest BCUT2D eigenvalue weighted by Gasteiger charge is -2.11. The minimum absolute atomic E-state index is 0.0550. The highest BCUT2D eigenvalue weighted by atomic mass is 79.9. The fourth-order valence-corrected chi connectivity index (χ4v) is 3.02. The molecule has 2 aromatic carbocycles. The Balaban J connectivity index is 2.37. The Labute approximate surface area is 156 Å². The Morgan fingerprint density at radius 1 is 1.12 bits per heavy atom. The molecule has 0 aliphatic carbocycles. The number of ether oxygens (including phenoxy) is 2. The first kappa shape index (κ1) is 17.9. The van der Waals surface area contributed by atoms with Crippen molar-refractivity contribution in [2.75, 3.05) is 7.11 Å². The van der Waals surface area contributed by atoms with E-state index in [9.17, 15) is 14.4 Å². The molecule has 0 unspecified atom stereocenters. The van der Waals surface area contributed by atoms with Crippen LogP contribution in [0.2, 0.25) is 0 Å². The van der Waals surface area contributed by atoms with Gasteiger partial charge in [-0.25, -0.2) is 4.79 Å². The minimum Gasteiger partial charge on any atom is -0.465 e. The van der Waals surface area contributed by atoms with Gasteiger partial charge in [0, 0.05) is 12.5 Å². The summed E-state index contributed by atoms with van der Waals surface area (Å²) in [5.74, 6) is -1.04. The smallest absolute Gasteiger partial charge is 0.338 e. The van der Waals surface area contributed by atoms with Crippen molar-refractivity contribution in [2.24, 2.45) is 0 Å². The molecule has 0 N–H and O–H groups in total. The number of benzene rings is 2. The second-order valence-electron chi connectivity index (χ2n) is 5.37. The van der Waals surface area contributed by atoms with Gasteiger partial charge in [-0.1, -0.05) is 30.3 Å². The van der Waals surface area contributed by atoms with E-state index in [2.05, 4.69) is 15.9 Å². The van der Waals surface area contributed by atoms with Gasteiger partial charge in [0.25, 0.3) is 0 Å². The van der Waals surface area contributed by atoms with E-state index in [-0.39, 0.29) is 26.8 Å². The summed E-state index contributed by atoms with van der Waals surface area (Å²) < 4.78 is 15.9. The molecule has 7 heteroatoms. The molecule has 132 valence electrons. The van der Waals surface area contributed by atoms with Crippen LogP contribution < -0.4 is 10.2 Å². The third-order valence-electron chi connectivity index (χ3n) is 3.61. The van der Waals surface area contributed by atoms with Crippen molar-refractivity contribution in [1.82, 2.24) is 0 Å². The molecule has 26 heavy (non-hydrogen) atoms. The first-order valence-electron chi connectivity index (χ1n) is 7.55. The zero-order chi connectivity index (χ0) is 18.8. The lowest BCUT2D eigenvalue weighted by molar-refractivity contribution is -0.131. The first-order chi connectivity index (χ1) is 12.4. The zero-order valence-corrected chi connectivity index (χ0v) is 15.5. The van der Waals surface area contributed by atoms with Gasteiger partial charge in [0.2, 0.25) is 5.43 Å². The van der Waals surface area contributed by atoms with E-state index in [1.165, 1.54) is 26.2 Å². The topological polar surface area (TPSA) is 82.8 Å². The minimum atomic E-state index is -0.646. The lowest BCUT2D eigenvalue weighted by atomic mass is 10.1. The predicted molar refractivity (Wildman–Crippen MR) is 98.3 cm³/mol. The van der Waals surface area contributed by atoms with E-state index in [1.807, 2.05) is 6.07 Å². The second-order valence-corrected chi connectivity index (χ2v) is 6.17. The van der Waals surface area contributed by atoms with Crippen LogP contribution in [0.5, 0.6) is 5.75 Å². The molecule has 3 aromatic rings. The fraction of sp³-hybridized carbons (Fsp3) is 0.105. The Hall–Kier alpha value is -2.93. The van der Waals surface area contributed by atoms with E-state index in [0.717, 1.165) is 0 Å². The van der Waals surface area contributed by atoms with Crippen LogP contribution in [0.1, 0.15) is 17.3 Å². The first-order valence-corrected chi connectivity index (χ1v) is 8.34. The number of esters is 2. The van der Waals surface area contributed by atoms with Crippen molar-refractivity contribution in [3.63, 3.8) is 0 Å². The van der Waals surface area contributed by atoms with Crippen molar-refractivity contribution in [1.29, 1.82) is 0 Å². The standard InChI is InChI=1S/C19H13BrO6/c1-10(21)25-13-8-12(19(23)24-2)9-14-15(13)17(22)16(20)18(26-14)11-6-4-3-5-7-11/h3-9H,1-2H3. The summed E-state index contributed by atoms with van der Waals surface area (Å²) in [6.07, 6.45) is 0. The fourth-order valence-electron chi connectivity index (χ4n) is 2.51. The number of carbonyl (C=O) groups excluding carboxylic acids is 2. The van der Waals surface area contributed by atoms with Gasteiger partial charge in [-0.05, 0) is 28.1 Å². The average molecular weight is 417 g/mol. The number of hydrogen-bond donors (Lipinski definition) is 0. The van der Waals surface area contributed by atoms with E-state index in [1.54, 1.807) is 24.3 Å². The van der Waals surface area contributed by atoms with E-state index in [0.29, 0.717) is 11.3 Å². The van der Waals surface area contributed by atoms with Gasteiger partial charge < -0.3 is 13.9 Å². The van der Waals surface area contributed by atoms with Crippen molar-refractivity contribution in [3.8, 4) is 17.1 Å². The van der Waals surface area contributed by atoms with Gasteiger partial charge in [0.1, 0.15) is 21.2 Å². The molecule has 0 fully saturated rings. The molecular formula is C19H13BrO6. The average Bonchev–Trinajstić information content (AvgIpc) is 2.63. The second kappa shape index (κ2) is 7.13. The van der Waals surface area contributed by atoms with Crippen molar-refractivity contribution < 1.29 is 23.5 Å². The van der Waals surface area contributed by atoms with Gasteiger partial charge in [0.05, 0.1) is 12.7 Å². The molecule has 0 amide bonds. The maximum absolute atomic E-state index is 12.9. The van der Waals surface area contributed by atoms with Crippen molar-refractivity contribution in [3.05, 3.63) is 62.7 Å². The highest BCUT2D eigenvalue weighted by molar-refractivity contribution is 9.10. The SMILES string of the molecule is COC(=O)c1cc(OC(C)=O)c2c(=O)c(Br)c(-c3ccccc3)oc2c1. The third kappa shape index (κ3) is 3.25. The molecule has 0 atom stereocenters. The van der Waals surface area contributed by atoms with Crippen LogP contribution >= 0.6 is 15.9 Å². The number of rotatable bonds is 3. The normalized spacial score (nSPS) is 10.6. The Morgan fingerprint density at radius 3 is 2.42 bits per heavy atom. The molecule has 0 spiro atoms. The third-order valence-corrected chi connectivity index (χ3v) is 4.33.